The second kappa shape index (κ2) is 13.0. The van der Waals surface area contributed by atoms with Gasteiger partial charge < -0.3 is 29.9 Å². The summed E-state index contributed by atoms with van der Waals surface area (Å²) >= 11 is 0. The third-order valence-electron chi connectivity index (χ3n) is 10.6. The van der Waals surface area contributed by atoms with Crippen LogP contribution < -0.4 is 5.32 Å². The van der Waals surface area contributed by atoms with Crippen LogP contribution in [0.2, 0.25) is 0 Å². The first-order valence-electron chi connectivity index (χ1n) is 16.3. The van der Waals surface area contributed by atoms with Crippen LogP contribution in [0.1, 0.15) is 102 Å². The first-order valence-corrected chi connectivity index (χ1v) is 16.3. The molecule has 0 saturated carbocycles. The van der Waals surface area contributed by atoms with Crippen molar-refractivity contribution in [2.24, 2.45) is 17.8 Å². The van der Waals surface area contributed by atoms with Crippen LogP contribution in [0.3, 0.4) is 0 Å². The zero-order valence-corrected chi connectivity index (χ0v) is 29.8. The Bertz CT molecular complexity index is 1040. The predicted molar refractivity (Wildman–Crippen MR) is 170 cm³/mol. The maximum Gasteiger partial charge on any atom is 0.320 e. The zero-order chi connectivity index (χ0) is 34.4. The van der Waals surface area contributed by atoms with E-state index in [2.05, 4.69) is 33.0 Å². The van der Waals surface area contributed by atoms with Crippen LogP contribution in [0.15, 0.2) is 0 Å². The second-order valence-corrected chi connectivity index (χ2v) is 17.2. The molecule has 0 bridgehead atoms. The Balaban J connectivity index is 1.62. The van der Waals surface area contributed by atoms with Gasteiger partial charge >= 0.3 is 17.9 Å². The molecular weight excluding hydrogens is 580 g/mol. The summed E-state index contributed by atoms with van der Waals surface area (Å²) in [5.74, 6) is -1.71. The van der Waals surface area contributed by atoms with Crippen LogP contribution in [0.4, 0.5) is 0 Å². The molecule has 3 atom stereocenters. The van der Waals surface area contributed by atoms with Crippen molar-refractivity contribution in [3.05, 3.63) is 0 Å². The van der Waals surface area contributed by atoms with Gasteiger partial charge in [-0.25, -0.2) is 0 Å². The van der Waals surface area contributed by atoms with Gasteiger partial charge in [0, 0.05) is 39.9 Å². The number of rotatable bonds is 12. The number of nitrogens with zero attached hydrogens (tertiary/aromatic N) is 3. The summed E-state index contributed by atoms with van der Waals surface area (Å²) in [6.07, 6.45) is 2.18. The molecule has 0 aliphatic carbocycles. The van der Waals surface area contributed by atoms with Crippen molar-refractivity contribution < 1.29 is 39.0 Å². The van der Waals surface area contributed by atoms with Crippen LogP contribution in [0.5, 0.6) is 0 Å². The standard InChI is InChI=1S/C33H60N4O8/c1-28(2)13-22(31(7,8)34-28)19-43-25(38)16-35(17-26(39)44-20-23-14-29(3,4)36(41)32(23,9)10)18-27(40)45-21-24-15-30(5,6)37(42)33(24,11)12/h22-24,34,41-42H,13-21H2,1-12H3/p+1. The fraction of sp³-hybridized carbons (Fsp3) is 0.909. The molecule has 3 rings (SSSR count). The van der Waals surface area contributed by atoms with Gasteiger partial charge in [-0.3, -0.25) is 19.3 Å². The molecule has 0 spiro atoms. The van der Waals surface area contributed by atoms with Crippen molar-refractivity contribution in [3.63, 3.8) is 0 Å². The molecule has 4 N–H and O–H groups in total. The van der Waals surface area contributed by atoms with Gasteiger partial charge in [0.05, 0.1) is 50.5 Å². The lowest BCUT2D eigenvalue weighted by molar-refractivity contribution is -0.199. The largest absolute Gasteiger partial charge is 0.464 e. The van der Waals surface area contributed by atoms with Gasteiger partial charge in [-0.05, 0) is 102 Å². The molecule has 3 aliphatic heterocycles. The molecule has 260 valence electrons. The van der Waals surface area contributed by atoms with E-state index in [4.69, 9.17) is 19.4 Å². The van der Waals surface area contributed by atoms with Gasteiger partial charge in [-0.15, -0.1) is 0 Å². The average Bonchev–Trinajstić information content (AvgIpc) is 3.27. The van der Waals surface area contributed by atoms with Gasteiger partial charge in [-0.2, -0.15) is 5.06 Å². The van der Waals surface area contributed by atoms with Crippen LogP contribution >= 0.6 is 0 Å². The Morgan fingerprint density at radius 2 is 1.09 bits per heavy atom. The van der Waals surface area contributed by atoms with E-state index in [-0.39, 0.29) is 73.8 Å². The number of hydrogen-bond donors (Lipinski definition) is 2. The molecule has 3 heterocycles. The van der Waals surface area contributed by atoms with E-state index >= 15 is 0 Å². The fourth-order valence-electron chi connectivity index (χ4n) is 7.92. The number of esters is 3. The molecule has 3 unspecified atom stereocenters. The molecule has 0 aromatic carbocycles. The minimum Gasteiger partial charge on any atom is -0.464 e. The van der Waals surface area contributed by atoms with E-state index in [1.54, 1.807) is 5.06 Å². The van der Waals surface area contributed by atoms with Gasteiger partial charge in [0.1, 0.15) is 0 Å². The molecule has 45 heavy (non-hydrogen) atoms. The van der Waals surface area contributed by atoms with Gasteiger partial charge in [0.15, 0.2) is 0 Å². The highest BCUT2D eigenvalue weighted by Gasteiger charge is 2.55. The van der Waals surface area contributed by atoms with E-state index in [9.17, 15) is 19.6 Å². The molecule has 3 fully saturated rings. The highest BCUT2D eigenvalue weighted by atomic mass is 16.5. The first-order chi connectivity index (χ1) is 20.3. The smallest absolute Gasteiger partial charge is 0.320 e. The van der Waals surface area contributed by atoms with E-state index in [0.29, 0.717) is 12.8 Å². The minimum absolute atomic E-state index is 0.0462. The van der Waals surface area contributed by atoms with Crippen molar-refractivity contribution in [2.75, 3.05) is 39.5 Å². The van der Waals surface area contributed by atoms with E-state index in [1.807, 2.05) is 55.4 Å². The first kappa shape index (κ1) is 37.6. The highest BCUT2D eigenvalue weighted by Crippen LogP contribution is 2.44. The molecule has 3 saturated heterocycles. The van der Waals surface area contributed by atoms with E-state index < -0.39 is 34.5 Å². The van der Waals surface area contributed by atoms with Gasteiger partial charge in [0.2, 0.25) is 0 Å². The topological polar surface area (TPSA) is 144 Å². The number of carbonyl (C=O) groups is 3. The quantitative estimate of drug-likeness (QED) is 0.184. The molecule has 12 heteroatoms. The molecule has 12 nitrogen and oxygen atoms in total. The Morgan fingerprint density at radius 1 is 0.689 bits per heavy atom. The Kier molecular flexibility index (Phi) is 10.9. The van der Waals surface area contributed by atoms with Crippen molar-refractivity contribution in [3.8, 4) is 0 Å². The number of hydroxylamine groups is 4. The summed E-state index contributed by atoms with van der Waals surface area (Å²) < 4.78 is 17.0. The molecule has 0 amide bonds. The normalized spacial score (nSPS) is 29.5. The molecule has 0 radical (unpaired) electrons. The van der Waals surface area contributed by atoms with Crippen molar-refractivity contribution in [1.29, 1.82) is 0 Å². The number of nitrogens with one attached hydrogen (secondary N) is 1. The minimum atomic E-state index is -0.592. The second-order valence-electron chi connectivity index (χ2n) is 17.2. The summed E-state index contributed by atoms with van der Waals surface area (Å²) in [5.41, 5.74) is -2.17. The van der Waals surface area contributed by atoms with E-state index in [1.165, 1.54) is 9.96 Å². The van der Waals surface area contributed by atoms with Gasteiger partial charge in [-0.1, -0.05) is 5.06 Å². The van der Waals surface area contributed by atoms with Crippen molar-refractivity contribution in [1.82, 2.24) is 20.3 Å². The third-order valence-corrected chi connectivity index (χ3v) is 10.6. The predicted octanol–water partition coefficient (Wildman–Crippen LogP) is 2.87. The van der Waals surface area contributed by atoms with Crippen molar-refractivity contribution >= 4 is 17.9 Å². The molecule has 0 aromatic heterocycles. The lowest BCUT2D eigenvalue weighted by Crippen LogP contribution is -2.48. The monoisotopic (exact) mass is 641 g/mol. The van der Waals surface area contributed by atoms with Gasteiger partial charge in [0.25, 0.3) is 0 Å². The summed E-state index contributed by atoms with van der Waals surface area (Å²) in [7, 11) is 0. The molecule has 3 aliphatic rings. The van der Waals surface area contributed by atoms with Crippen LogP contribution in [0, 0.1) is 17.8 Å². The summed E-state index contributed by atoms with van der Waals surface area (Å²) in [4.78, 5) is 40.5. The maximum atomic E-state index is 13.0. The summed E-state index contributed by atoms with van der Waals surface area (Å²) in [6.45, 7) is 23.7. The number of ether oxygens (including phenoxy) is 3. The SMILES string of the molecule is CC1(C)CC(COC(=O)CN(CC(=O)OCC2CC(C)(C)N(O)C2(C)C)CC(=O)OCC2CC(C)(C)N([OH2+])C2(C)C)C(C)(C)N1. The van der Waals surface area contributed by atoms with E-state index in [0.717, 1.165) is 6.42 Å². The van der Waals surface area contributed by atoms with Crippen molar-refractivity contribution in [2.45, 2.75) is 136 Å². The maximum absolute atomic E-state index is 13.0. The zero-order valence-electron chi connectivity index (χ0n) is 29.8. The number of carbonyl (C=O) groups excluding carboxylic acids is 3. The fourth-order valence-corrected chi connectivity index (χ4v) is 7.92. The lowest BCUT2D eigenvalue weighted by atomic mass is 9.88. The number of hydrogen-bond acceptors (Lipinski definition) is 11. The Morgan fingerprint density at radius 3 is 1.42 bits per heavy atom. The van der Waals surface area contributed by atoms with Crippen LogP contribution in [-0.4, -0.2) is 116 Å². The third kappa shape index (κ3) is 8.75. The Hall–Kier alpha value is -1.83. The average molecular weight is 642 g/mol. The summed E-state index contributed by atoms with van der Waals surface area (Å²) in [5, 5.41) is 25.6. The summed E-state index contributed by atoms with van der Waals surface area (Å²) in [6, 6.07) is 0. The lowest BCUT2D eigenvalue weighted by Gasteiger charge is -2.35. The van der Waals surface area contributed by atoms with Crippen LogP contribution in [-0.2, 0) is 28.6 Å². The molecule has 0 aromatic rings. The molecular formula is C33H61N4O8+. The Labute approximate surface area is 270 Å². The van der Waals surface area contributed by atoms with Crippen LogP contribution in [0.25, 0.3) is 0 Å². The highest BCUT2D eigenvalue weighted by molar-refractivity contribution is 5.78.